The van der Waals surface area contributed by atoms with Crippen LogP contribution in [-0.4, -0.2) is 169 Å². The topological polar surface area (TPSA) is 440 Å². The maximum absolute atomic E-state index is 14.8. The highest BCUT2D eigenvalue weighted by Gasteiger charge is 2.41. The van der Waals surface area contributed by atoms with Gasteiger partial charge in [-0.25, -0.2) is 9.78 Å². The van der Waals surface area contributed by atoms with Crippen molar-refractivity contribution in [2.45, 2.75) is 126 Å². The lowest BCUT2D eigenvalue weighted by molar-refractivity contribution is -0.138. The highest BCUT2D eigenvalue weighted by Crippen LogP contribution is 2.25. The number of unbranched alkanes of at least 4 members (excludes halogenated alkanes) is 1. The zero-order chi connectivity index (χ0) is 60.0. The third-order valence-electron chi connectivity index (χ3n) is 13.6. The second-order valence-corrected chi connectivity index (χ2v) is 22.3. The summed E-state index contributed by atoms with van der Waals surface area (Å²) < 4.78 is 0. The molecule has 0 bridgehead atoms. The zero-order valence-corrected chi connectivity index (χ0v) is 47.1. The van der Waals surface area contributed by atoms with Crippen molar-refractivity contribution in [1.29, 1.82) is 5.41 Å². The molecule has 2 aromatic carbocycles. The quantitative estimate of drug-likeness (QED) is 0.0154. The van der Waals surface area contributed by atoms with E-state index < -0.39 is 120 Å². The molecule has 0 unspecified atom stereocenters. The number of urea groups is 1. The number of nitrogens with zero attached hydrogens (tertiary/aromatic N) is 2. The fourth-order valence-electron chi connectivity index (χ4n) is 9.18. The average Bonchev–Trinajstić information content (AvgIpc) is 4.42. The number of imide groups is 1. The van der Waals surface area contributed by atoms with Gasteiger partial charge in [0, 0.05) is 72.7 Å². The van der Waals surface area contributed by atoms with E-state index in [9.17, 15) is 57.8 Å². The van der Waals surface area contributed by atoms with Crippen LogP contribution in [0.25, 0.3) is 10.9 Å². The number of amides is 11. The molecule has 2 saturated heterocycles. The Balaban J connectivity index is 1.42. The highest BCUT2D eigenvalue weighted by atomic mass is 33.1. The number of benzene rings is 2. The van der Waals surface area contributed by atoms with Crippen LogP contribution in [0.5, 0.6) is 0 Å². The summed E-state index contributed by atoms with van der Waals surface area (Å²) in [6, 6.07) is 3.16. The first-order chi connectivity index (χ1) is 39.8. The molecule has 8 atom stereocenters. The number of fused-ring (bicyclic) bond motifs is 1. The van der Waals surface area contributed by atoms with Crippen LogP contribution in [0.15, 0.2) is 73.3 Å². The van der Waals surface area contributed by atoms with Crippen molar-refractivity contribution in [2.75, 3.05) is 24.6 Å². The molecule has 17 N–H and O–H groups in total. The molecule has 2 aliphatic rings. The van der Waals surface area contributed by atoms with Gasteiger partial charge in [-0.05, 0) is 49.3 Å². The van der Waals surface area contributed by atoms with Gasteiger partial charge in [0.25, 0.3) is 5.91 Å². The van der Waals surface area contributed by atoms with Crippen LogP contribution in [0.4, 0.5) is 4.79 Å². The van der Waals surface area contributed by atoms with Gasteiger partial charge in [-0.15, -0.1) is 0 Å². The van der Waals surface area contributed by atoms with Gasteiger partial charge < -0.3 is 74.4 Å². The van der Waals surface area contributed by atoms with Gasteiger partial charge in [0.1, 0.15) is 48.3 Å². The first-order valence-electron chi connectivity index (χ1n) is 26.9. The number of carboxylic acids is 1. The normalized spacial score (nSPS) is 22.2. The first-order valence-corrected chi connectivity index (χ1v) is 29.4. The van der Waals surface area contributed by atoms with Crippen molar-refractivity contribution < 1.29 is 57.8 Å². The van der Waals surface area contributed by atoms with Crippen molar-refractivity contribution in [3.63, 3.8) is 0 Å². The summed E-state index contributed by atoms with van der Waals surface area (Å²) >= 11 is 0. The van der Waals surface area contributed by atoms with E-state index in [0.717, 1.165) is 32.0 Å². The van der Waals surface area contributed by atoms with Gasteiger partial charge in [-0.3, -0.25) is 58.3 Å². The molecular weight excluding hydrogens is 1120 g/mol. The third-order valence-corrected chi connectivity index (χ3v) is 16.0. The number of carboxylic acid groups (broad SMARTS) is 1. The fraction of sp³-hybridized carbons (Fsp3) is 0.453. The minimum absolute atomic E-state index is 0.0204. The van der Waals surface area contributed by atoms with E-state index in [1.54, 1.807) is 54.7 Å². The van der Waals surface area contributed by atoms with Crippen LogP contribution in [0, 0.1) is 5.41 Å². The Hall–Kier alpha value is -8.67. The van der Waals surface area contributed by atoms with Crippen molar-refractivity contribution in [3.8, 4) is 0 Å². The van der Waals surface area contributed by atoms with Gasteiger partial charge in [0.2, 0.25) is 47.3 Å². The Morgan fingerprint density at radius 3 is 1.96 bits per heavy atom. The van der Waals surface area contributed by atoms with Crippen molar-refractivity contribution in [1.82, 2.24) is 67.7 Å². The number of carbonyl (C=O) groups is 11. The van der Waals surface area contributed by atoms with Crippen LogP contribution in [-0.2, 0) is 67.2 Å². The summed E-state index contributed by atoms with van der Waals surface area (Å²) in [5, 5.41) is 41.8. The van der Waals surface area contributed by atoms with Gasteiger partial charge >= 0.3 is 12.0 Å². The Morgan fingerprint density at radius 1 is 0.735 bits per heavy atom. The van der Waals surface area contributed by atoms with E-state index in [-0.39, 0.29) is 81.9 Å². The van der Waals surface area contributed by atoms with Crippen molar-refractivity contribution in [3.05, 3.63) is 90.1 Å². The lowest BCUT2D eigenvalue weighted by atomic mass is 10.0. The molecule has 0 saturated carbocycles. The molecule has 11 amide bonds. The Kier molecular flexibility index (Phi) is 24.1. The van der Waals surface area contributed by atoms with Gasteiger partial charge in [0.15, 0.2) is 5.96 Å². The van der Waals surface area contributed by atoms with Crippen LogP contribution in [0.1, 0.15) is 75.1 Å². The maximum Gasteiger partial charge on any atom is 0.325 e. The van der Waals surface area contributed by atoms with Gasteiger partial charge in [-0.2, -0.15) is 0 Å². The molecule has 4 heterocycles. The lowest BCUT2D eigenvalue weighted by Gasteiger charge is -2.28. The molecule has 2 fully saturated rings. The molecule has 2 aliphatic heterocycles. The minimum Gasteiger partial charge on any atom is -0.481 e. The Bertz CT molecular complexity index is 2950. The molecule has 4 aromatic rings. The molecular formula is C53H70N16O12S2. The van der Waals surface area contributed by atoms with E-state index in [2.05, 4.69) is 62.8 Å². The van der Waals surface area contributed by atoms with E-state index in [4.69, 9.17) is 16.9 Å². The number of aromatic amines is 2. The number of rotatable bonds is 21. The number of H-pyrrole nitrogens is 2. The number of hydrogen-bond acceptors (Lipinski definition) is 15. The largest absolute Gasteiger partial charge is 0.481 e. The number of aliphatic carboxylic acids is 1. The Morgan fingerprint density at radius 2 is 1.34 bits per heavy atom. The number of carbonyl (C=O) groups excluding carboxylic acids is 10. The highest BCUT2D eigenvalue weighted by molar-refractivity contribution is 8.76. The smallest absolute Gasteiger partial charge is 0.325 e. The SMILES string of the molecule is CCCC[C@@H](C(=O)N[C@H]1CSSC[C@@H](C(N)=O)NC(=O)[C@H](Cc2c[nH]c3ccccc23)NC(=O)[C@H](CCCNC(=N)N)NC(=O)[C@@H](Cc2ccccc2)NC(=O)[C@H](Cc2cnc[nH]2)NC(=O)[C@H](CCCC(=O)O)NC1=O)N1C(=O)CNC1=O. The van der Waals surface area contributed by atoms with Crippen molar-refractivity contribution >= 4 is 104 Å². The average molecular weight is 1190 g/mol. The van der Waals surface area contributed by atoms with Crippen LogP contribution in [0.3, 0.4) is 0 Å². The molecule has 2 aromatic heterocycles. The summed E-state index contributed by atoms with van der Waals surface area (Å²) in [6.45, 7) is 1.55. The van der Waals surface area contributed by atoms with Crippen LogP contribution < -0.4 is 59.3 Å². The van der Waals surface area contributed by atoms with Gasteiger partial charge in [0.05, 0.1) is 12.9 Å². The summed E-state index contributed by atoms with van der Waals surface area (Å²) in [6.07, 6.45) is 3.92. The monoisotopic (exact) mass is 1190 g/mol. The van der Waals surface area contributed by atoms with E-state index in [0.29, 0.717) is 35.0 Å². The number of primary amides is 1. The molecule has 6 rings (SSSR count). The molecule has 30 heteroatoms. The summed E-state index contributed by atoms with van der Waals surface area (Å²) in [5.74, 6) is -10.1. The lowest BCUT2D eigenvalue weighted by Crippen LogP contribution is -2.61. The number of nitrogens with two attached hydrogens (primary N) is 2. The number of hydrogen-bond donors (Lipinski definition) is 15. The molecule has 83 heavy (non-hydrogen) atoms. The Labute approximate surface area is 484 Å². The number of nitrogens with one attached hydrogen (secondary N) is 12. The van der Waals surface area contributed by atoms with Crippen LogP contribution >= 0.6 is 21.6 Å². The standard InChI is InChI=1S/C53H70N16O12S2/c1-2-3-17-41(69-42(70)25-60-53(69)81)51(80)68-40-27-83-82-26-39(44(54)73)67-48(77)37(21-30-23-59-33-14-8-7-13-32(30)33)65-46(75)35(16-10-19-58-52(55)56)62-47(76)36(20-29-11-5-4-6-12-29)64-49(78)38(22-31-24-57-28-61-31)66-45(74)34(63-50(40)79)15-9-18-43(71)72/h4-8,11-14,23-24,28,34-41,59H,2-3,9-10,15-22,25-27H2,1H3,(H2,54,73)(H,57,61)(H,60,81)(H,62,76)(H,63,79)(H,64,78)(H,65,75)(H,66,74)(H,67,77)(H,68,80)(H,71,72)(H4,55,56,58)/t34-,35-,36+,37-,38-,39-,40-,41-/m0/s1. The van der Waals surface area contributed by atoms with E-state index in [1.165, 1.54) is 12.5 Å². The van der Waals surface area contributed by atoms with E-state index >= 15 is 0 Å². The van der Waals surface area contributed by atoms with E-state index in [1.807, 2.05) is 13.0 Å². The third kappa shape index (κ3) is 19.2. The van der Waals surface area contributed by atoms with Crippen LogP contribution in [0.2, 0.25) is 0 Å². The number of imidazole rings is 1. The zero-order valence-electron chi connectivity index (χ0n) is 45.5. The summed E-state index contributed by atoms with van der Waals surface area (Å²) in [4.78, 5) is 164. The molecule has 446 valence electrons. The van der Waals surface area contributed by atoms with Gasteiger partial charge in [-0.1, -0.05) is 89.9 Å². The second-order valence-electron chi connectivity index (χ2n) is 19.8. The predicted octanol–water partition coefficient (Wildman–Crippen LogP) is -1.18. The number of aromatic nitrogens is 3. The molecule has 28 nitrogen and oxygen atoms in total. The maximum atomic E-state index is 14.8. The molecule has 0 radical (unpaired) electrons. The summed E-state index contributed by atoms with van der Waals surface area (Å²) in [5.41, 5.74) is 13.6. The molecule has 0 spiro atoms. The first kappa shape index (κ1) is 63.5. The summed E-state index contributed by atoms with van der Waals surface area (Å²) in [7, 11) is 1.88. The van der Waals surface area contributed by atoms with Crippen molar-refractivity contribution in [2.24, 2.45) is 11.5 Å². The number of para-hydroxylation sites is 1. The second kappa shape index (κ2) is 31.5. The number of guanidine groups is 1. The predicted molar refractivity (Wildman–Crippen MR) is 306 cm³/mol. The minimum atomic E-state index is -1.58. The fourth-order valence-corrected chi connectivity index (χ4v) is 11.5. The molecule has 0 aliphatic carbocycles.